The molecule has 0 aliphatic heterocycles. The highest BCUT2D eigenvalue weighted by Gasteiger charge is 2.35. The zero-order chi connectivity index (χ0) is 13.3. The molecule has 1 unspecified atom stereocenters. The molecule has 0 radical (unpaired) electrons. The standard InChI is InChI=1S/C12H8BrF3O2/c13-9-5-6-18-11(9)10(17)7-3-1-2-4-8(7)12(14,15)16/h1-6,10,17H. The van der Waals surface area contributed by atoms with Gasteiger partial charge in [0.25, 0.3) is 0 Å². The fourth-order valence-corrected chi connectivity index (χ4v) is 2.05. The highest BCUT2D eigenvalue weighted by Crippen LogP contribution is 2.38. The van der Waals surface area contributed by atoms with Gasteiger partial charge in [0.15, 0.2) is 5.76 Å². The Bertz CT molecular complexity index is 548. The van der Waals surface area contributed by atoms with Crippen molar-refractivity contribution < 1.29 is 22.7 Å². The summed E-state index contributed by atoms with van der Waals surface area (Å²) in [6.07, 6.45) is -4.69. The van der Waals surface area contributed by atoms with Gasteiger partial charge in [-0.2, -0.15) is 13.2 Å². The molecular formula is C12H8BrF3O2. The number of hydrogen-bond acceptors (Lipinski definition) is 2. The minimum atomic E-state index is -4.52. The van der Waals surface area contributed by atoms with Crippen LogP contribution in [0.15, 0.2) is 45.5 Å². The van der Waals surface area contributed by atoms with Crippen molar-refractivity contribution in [2.45, 2.75) is 12.3 Å². The van der Waals surface area contributed by atoms with Crippen LogP contribution in [0.1, 0.15) is 23.0 Å². The second-order valence-electron chi connectivity index (χ2n) is 3.62. The molecule has 1 aromatic carbocycles. The van der Waals surface area contributed by atoms with Gasteiger partial charge in [-0.25, -0.2) is 0 Å². The van der Waals surface area contributed by atoms with Crippen LogP contribution in [0.2, 0.25) is 0 Å². The van der Waals surface area contributed by atoms with Crippen LogP contribution < -0.4 is 0 Å². The van der Waals surface area contributed by atoms with Gasteiger partial charge in [-0.1, -0.05) is 18.2 Å². The second-order valence-corrected chi connectivity index (χ2v) is 4.47. The highest BCUT2D eigenvalue weighted by atomic mass is 79.9. The van der Waals surface area contributed by atoms with Gasteiger partial charge in [-0.3, -0.25) is 0 Å². The average molecular weight is 321 g/mol. The van der Waals surface area contributed by atoms with Crippen LogP contribution in [0.3, 0.4) is 0 Å². The van der Waals surface area contributed by atoms with Crippen LogP contribution in [0.5, 0.6) is 0 Å². The highest BCUT2D eigenvalue weighted by molar-refractivity contribution is 9.10. The Labute approximate surface area is 109 Å². The maximum absolute atomic E-state index is 12.8. The summed E-state index contributed by atoms with van der Waals surface area (Å²) in [6, 6.07) is 6.37. The van der Waals surface area contributed by atoms with Crippen molar-refractivity contribution in [3.05, 3.63) is 58.0 Å². The lowest BCUT2D eigenvalue weighted by Crippen LogP contribution is -2.12. The number of hydrogen-bond donors (Lipinski definition) is 1. The third-order valence-electron chi connectivity index (χ3n) is 2.45. The molecule has 0 aliphatic carbocycles. The number of benzene rings is 1. The Kier molecular flexibility index (Phi) is 3.49. The van der Waals surface area contributed by atoms with Gasteiger partial charge in [0.05, 0.1) is 16.3 Å². The second kappa shape index (κ2) is 4.78. The molecule has 2 aromatic rings. The Morgan fingerprint density at radius 2 is 1.83 bits per heavy atom. The molecule has 0 amide bonds. The lowest BCUT2D eigenvalue weighted by atomic mass is 10.0. The van der Waals surface area contributed by atoms with Crippen LogP contribution in [0, 0.1) is 0 Å². The van der Waals surface area contributed by atoms with Crippen molar-refractivity contribution in [3.8, 4) is 0 Å². The maximum Gasteiger partial charge on any atom is 0.416 e. The maximum atomic E-state index is 12.8. The summed E-state index contributed by atoms with van der Waals surface area (Å²) < 4.78 is 43.8. The van der Waals surface area contributed by atoms with Crippen LogP contribution >= 0.6 is 15.9 Å². The van der Waals surface area contributed by atoms with E-state index in [1.54, 1.807) is 0 Å². The molecule has 1 N–H and O–H groups in total. The summed E-state index contributed by atoms with van der Waals surface area (Å²) in [5.41, 5.74) is -1.11. The SMILES string of the molecule is OC(c1ccccc1C(F)(F)F)c1occc1Br. The smallest absolute Gasteiger partial charge is 0.416 e. The largest absolute Gasteiger partial charge is 0.465 e. The van der Waals surface area contributed by atoms with Crippen LogP contribution in [0.4, 0.5) is 13.2 Å². The lowest BCUT2D eigenvalue weighted by molar-refractivity contribution is -0.139. The first kappa shape index (κ1) is 13.2. The molecule has 0 bridgehead atoms. The van der Waals surface area contributed by atoms with E-state index in [0.29, 0.717) is 4.47 Å². The number of aliphatic hydroxyl groups is 1. The van der Waals surface area contributed by atoms with Crippen LogP contribution in [0.25, 0.3) is 0 Å². The molecule has 1 atom stereocenters. The molecular weight excluding hydrogens is 313 g/mol. The minimum Gasteiger partial charge on any atom is -0.465 e. The van der Waals surface area contributed by atoms with Crippen molar-refractivity contribution >= 4 is 15.9 Å². The first-order valence-electron chi connectivity index (χ1n) is 4.98. The van der Waals surface area contributed by atoms with E-state index < -0.39 is 17.8 Å². The molecule has 6 heteroatoms. The molecule has 18 heavy (non-hydrogen) atoms. The van der Waals surface area contributed by atoms with E-state index in [9.17, 15) is 18.3 Å². The normalized spacial score (nSPS) is 13.6. The van der Waals surface area contributed by atoms with Gasteiger partial charge in [0.1, 0.15) is 6.10 Å². The van der Waals surface area contributed by atoms with Crippen molar-refractivity contribution in [1.82, 2.24) is 0 Å². The average Bonchev–Trinajstić information content (AvgIpc) is 2.73. The molecule has 1 aromatic heterocycles. The predicted octanol–water partition coefficient (Wildman–Crippen LogP) is 4.14. The fourth-order valence-electron chi connectivity index (χ4n) is 1.64. The molecule has 96 valence electrons. The summed E-state index contributed by atoms with van der Waals surface area (Å²) in [5, 5.41) is 9.98. The van der Waals surface area contributed by atoms with E-state index in [-0.39, 0.29) is 11.3 Å². The van der Waals surface area contributed by atoms with E-state index in [0.717, 1.165) is 6.07 Å². The summed E-state index contributed by atoms with van der Waals surface area (Å²) >= 11 is 3.10. The zero-order valence-electron chi connectivity index (χ0n) is 8.91. The van der Waals surface area contributed by atoms with Gasteiger partial charge in [-0.15, -0.1) is 0 Å². The van der Waals surface area contributed by atoms with E-state index >= 15 is 0 Å². The summed E-state index contributed by atoms with van der Waals surface area (Å²) in [7, 11) is 0. The van der Waals surface area contributed by atoms with E-state index in [2.05, 4.69) is 15.9 Å². The quantitative estimate of drug-likeness (QED) is 0.902. The number of aliphatic hydroxyl groups excluding tert-OH is 1. The van der Waals surface area contributed by atoms with Gasteiger partial charge >= 0.3 is 6.18 Å². The van der Waals surface area contributed by atoms with Crippen molar-refractivity contribution in [2.75, 3.05) is 0 Å². The fraction of sp³-hybridized carbons (Fsp3) is 0.167. The van der Waals surface area contributed by atoms with Crippen LogP contribution in [-0.4, -0.2) is 5.11 Å². The topological polar surface area (TPSA) is 33.4 Å². The Morgan fingerprint density at radius 1 is 1.17 bits per heavy atom. The molecule has 1 heterocycles. The molecule has 2 rings (SSSR count). The third-order valence-corrected chi connectivity index (χ3v) is 3.11. The first-order chi connectivity index (χ1) is 8.41. The summed E-state index contributed by atoms with van der Waals surface area (Å²) in [6.45, 7) is 0. The van der Waals surface area contributed by atoms with Gasteiger partial charge in [0.2, 0.25) is 0 Å². The third kappa shape index (κ3) is 2.44. The monoisotopic (exact) mass is 320 g/mol. The van der Waals surface area contributed by atoms with Crippen molar-refractivity contribution in [1.29, 1.82) is 0 Å². The Balaban J connectivity index is 2.49. The van der Waals surface area contributed by atoms with E-state index in [1.807, 2.05) is 0 Å². The molecule has 0 aliphatic rings. The van der Waals surface area contributed by atoms with Crippen molar-refractivity contribution in [2.24, 2.45) is 0 Å². The molecule has 0 fully saturated rings. The minimum absolute atomic E-state index is 0.0479. The molecule has 0 saturated carbocycles. The Morgan fingerprint density at radius 3 is 2.39 bits per heavy atom. The summed E-state index contributed by atoms with van der Waals surface area (Å²) in [5.74, 6) is 0.0479. The van der Waals surface area contributed by atoms with Gasteiger partial charge in [-0.05, 0) is 28.1 Å². The zero-order valence-corrected chi connectivity index (χ0v) is 10.5. The number of rotatable bonds is 2. The predicted molar refractivity (Wildman–Crippen MR) is 61.9 cm³/mol. The van der Waals surface area contributed by atoms with Crippen LogP contribution in [-0.2, 0) is 6.18 Å². The first-order valence-corrected chi connectivity index (χ1v) is 5.77. The summed E-state index contributed by atoms with van der Waals surface area (Å²) in [4.78, 5) is 0. The number of halogens is 4. The molecule has 0 saturated heterocycles. The molecule has 0 spiro atoms. The van der Waals surface area contributed by atoms with Gasteiger partial charge < -0.3 is 9.52 Å². The lowest BCUT2D eigenvalue weighted by Gasteiger charge is -2.16. The van der Waals surface area contributed by atoms with E-state index in [4.69, 9.17) is 4.42 Å². The van der Waals surface area contributed by atoms with Crippen molar-refractivity contribution in [3.63, 3.8) is 0 Å². The number of alkyl halides is 3. The van der Waals surface area contributed by atoms with E-state index in [1.165, 1.54) is 30.5 Å². The number of furan rings is 1. The Hall–Kier alpha value is -1.27. The molecule has 2 nitrogen and oxygen atoms in total. The van der Waals surface area contributed by atoms with Gasteiger partial charge in [0, 0.05) is 5.56 Å².